The van der Waals surface area contributed by atoms with E-state index in [1.54, 1.807) is 0 Å². The van der Waals surface area contributed by atoms with Gasteiger partial charge in [-0.15, -0.1) is 0 Å². The zero-order chi connectivity index (χ0) is 14.6. The Balaban J connectivity index is 2.00. The van der Waals surface area contributed by atoms with Crippen LogP contribution >= 0.6 is 11.6 Å². The molecular weight excluding hydrogens is 270 g/mol. The molecule has 0 bridgehead atoms. The molecule has 4 rings (SSSR count). The van der Waals surface area contributed by atoms with Gasteiger partial charge >= 0.3 is 0 Å². The van der Waals surface area contributed by atoms with Crippen LogP contribution in [-0.2, 0) is 0 Å². The molecule has 2 aromatic rings. The highest BCUT2D eigenvalue weighted by molar-refractivity contribution is 6.30. The minimum Gasteiger partial charge on any atom is -0.457 e. The van der Waals surface area contributed by atoms with E-state index >= 15 is 0 Å². The number of nitrogens with zero attached hydrogens (tertiary/aromatic N) is 1. The van der Waals surface area contributed by atoms with Gasteiger partial charge in [0.1, 0.15) is 11.5 Å². The van der Waals surface area contributed by atoms with E-state index in [0.717, 1.165) is 29.2 Å². The maximum absolute atomic E-state index is 9.14. The molecule has 0 aliphatic carbocycles. The Hall–Kier alpha value is -1.51. The van der Waals surface area contributed by atoms with E-state index in [9.17, 15) is 0 Å². The summed E-state index contributed by atoms with van der Waals surface area (Å²) < 4.78 is 15.2. The van der Waals surface area contributed by atoms with Crippen molar-refractivity contribution in [3.63, 3.8) is 0 Å². The van der Waals surface area contributed by atoms with Crippen molar-refractivity contribution >= 4 is 11.6 Å². The Morgan fingerprint density at radius 1 is 1.15 bits per heavy atom. The van der Waals surface area contributed by atoms with Gasteiger partial charge < -0.3 is 9.64 Å². The molecule has 0 spiro atoms. The molecule has 2 atom stereocenters. The maximum Gasteiger partial charge on any atom is 0.131 e. The Morgan fingerprint density at radius 3 is 2.85 bits per heavy atom. The molecule has 1 saturated heterocycles. The number of ether oxygens (including phenoxy) is 1. The van der Waals surface area contributed by atoms with Crippen molar-refractivity contribution in [1.29, 1.82) is 0 Å². The number of para-hydroxylation sites is 1. The van der Waals surface area contributed by atoms with E-state index in [2.05, 4.69) is 18.0 Å². The normalized spacial score (nSPS) is 28.7. The summed E-state index contributed by atoms with van der Waals surface area (Å²) in [5.41, 5.74) is 2.00. The SMILES string of the molecule is [3H][C@]12CN(C)C[C@@H]1c1ccccc1Oc1ccc(Cl)cc12. The fourth-order valence-corrected chi connectivity index (χ4v) is 3.44. The van der Waals surface area contributed by atoms with E-state index in [-0.39, 0.29) is 5.92 Å². The van der Waals surface area contributed by atoms with Crippen LogP contribution in [0.5, 0.6) is 11.5 Å². The zero-order valence-corrected chi connectivity index (χ0v) is 12.0. The lowest BCUT2D eigenvalue weighted by Gasteiger charge is -2.17. The number of rotatable bonds is 0. The smallest absolute Gasteiger partial charge is 0.131 e. The highest BCUT2D eigenvalue weighted by atomic mass is 35.5. The topological polar surface area (TPSA) is 12.5 Å². The summed E-state index contributed by atoms with van der Waals surface area (Å²) in [4.78, 5) is 2.21. The number of halogens is 1. The van der Waals surface area contributed by atoms with Crippen molar-refractivity contribution < 1.29 is 6.11 Å². The van der Waals surface area contributed by atoms with Gasteiger partial charge in [-0.25, -0.2) is 0 Å². The van der Waals surface area contributed by atoms with Crippen LogP contribution in [-0.4, -0.2) is 25.0 Å². The second-order valence-electron chi connectivity index (χ2n) is 5.55. The second-order valence-corrected chi connectivity index (χ2v) is 5.99. The van der Waals surface area contributed by atoms with Gasteiger partial charge in [0.05, 0.1) is 0 Å². The maximum atomic E-state index is 9.14. The standard InChI is InChI=1S/C17H16ClNO/c1-19-9-14-12-4-2-3-5-16(12)20-17-7-6-11(18)8-13(17)15(14)10-19/h2-8,14-15H,9-10H2,1H3/t14-,15-/m1/s1/i15T. The average Bonchev–Trinajstić information content (AvgIpc) is 2.73. The summed E-state index contributed by atoms with van der Waals surface area (Å²) in [7, 11) is 2.07. The fourth-order valence-electron chi connectivity index (χ4n) is 3.27. The molecule has 2 aromatic carbocycles. The molecule has 2 nitrogen and oxygen atoms in total. The third kappa shape index (κ3) is 1.83. The molecule has 0 aromatic heterocycles. The molecule has 0 saturated carbocycles. The molecule has 20 heavy (non-hydrogen) atoms. The predicted molar refractivity (Wildman–Crippen MR) is 80.9 cm³/mol. The molecule has 0 radical (unpaired) electrons. The molecular formula is C17H16ClNO. The summed E-state index contributed by atoms with van der Waals surface area (Å²) in [6, 6.07) is 13.7. The van der Waals surface area contributed by atoms with Crippen molar-refractivity contribution in [1.82, 2.24) is 4.90 Å². The lowest BCUT2D eigenvalue weighted by molar-refractivity contribution is 0.401. The van der Waals surface area contributed by atoms with Crippen molar-refractivity contribution in [2.45, 2.75) is 11.8 Å². The number of fused-ring (bicyclic) bond motifs is 5. The third-order valence-electron chi connectivity index (χ3n) is 4.16. The van der Waals surface area contributed by atoms with E-state index in [1.807, 2.05) is 36.4 Å². The van der Waals surface area contributed by atoms with Crippen molar-refractivity contribution in [3.8, 4) is 11.5 Å². The molecule has 2 heterocycles. The van der Waals surface area contributed by atoms with Crippen LogP contribution in [0.1, 0.15) is 24.3 Å². The van der Waals surface area contributed by atoms with Crippen LogP contribution in [0.15, 0.2) is 42.5 Å². The average molecular weight is 288 g/mol. The first kappa shape index (κ1) is 11.2. The molecule has 1 fully saturated rings. The van der Waals surface area contributed by atoms with Gasteiger partial charge in [-0.1, -0.05) is 29.8 Å². The first-order chi connectivity index (χ1) is 10.1. The van der Waals surface area contributed by atoms with Crippen LogP contribution in [0.4, 0.5) is 0 Å². The zero-order valence-electron chi connectivity index (χ0n) is 12.3. The van der Waals surface area contributed by atoms with Crippen LogP contribution in [0, 0.1) is 0 Å². The predicted octanol–water partition coefficient (Wildman–Crippen LogP) is 4.26. The van der Waals surface area contributed by atoms with E-state index in [1.165, 1.54) is 0 Å². The highest BCUT2D eigenvalue weighted by Gasteiger charge is 2.38. The molecule has 0 amide bonds. The van der Waals surface area contributed by atoms with Gasteiger partial charge in [0.25, 0.3) is 0 Å². The van der Waals surface area contributed by atoms with Gasteiger partial charge in [0.15, 0.2) is 0 Å². The number of benzene rings is 2. The third-order valence-corrected chi connectivity index (χ3v) is 4.39. The quantitative estimate of drug-likeness (QED) is 0.718. The first-order valence-corrected chi connectivity index (χ1v) is 7.21. The second kappa shape index (κ2) is 4.51. The first-order valence-electron chi connectivity index (χ1n) is 7.33. The molecule has 2 aliphatic heterocycles. The van der Waals surface area contributed by atoms with E-state index in [4.69, 9.17) is 17.7 Å². The fraction of sp³-hybridized carbons (Fsp3) is 0.294. The van der Waals surface area contributed by atoms with Gasteiger partial charge in [-0.3, -0.25) is 0 Å². The largest absolute Gasteiger partial charge is 0.457 e. The Morgan fingerprint density at radius 2 is 1.95 bits per heavy atom. The number of hydrogen-bond donors (Lipinski definition) is 0. The molecule has 102 valence electrons. The van der Waals surface area contributed by atoms with Gasteiger partial charge in [-0.05, 0) is 36.9 Å². The van der Waals surface area contributed by atoms with E-state index in [0.29, 0.717) is 11.6 Å². The number of likely N-dealkylation sites (N-methyl/N-ethyl adjacent to an activating group) is 1. The summed E-state index contributed by atoms with van der Waals surface area (Å²) >= 11 is 6.18. The van der Waals surface area contributed by atoms with Gasteiger partial charge in [0, 0.05) is 36.9 Å². The Kier molecular flexibility index (Phi) is 2.52. The lowest BCUT2D eigenvalue weighted by Crippen LogP contribution is -2.14. The summed E-state index contributed by atoms with van der Waals surface area (Å²) in [6.45, 7) is 1.54. The lowest BCUT2D eigenvalue weighted by atomic mass is 9.84. The van der Waals surface area contributed by atoms with Gasteiger partial charge in [0.2, 0.25) is 0 Å². The number of likely N-dealkylation sites (tertiary alicyclic amines) is 1. The van der Waals surface area contributed by atoms with Crippen molar-refractivity contribution in [2.24, 2.45) is 0 Å². The molecule has 0 N–H and O–H groups in total. The van der Waals surface area contributed by atoms with Crippen LogP contribution in [0.3, 0.4) is 0 Å². The molecule has 2 aliphatic rings. The monoisotopic (exact) mass is 287 g/mol. The van der Waals surface area contributed by atoms with Crippen molar-refractivity contribution in [2.75, 3.05) is 20.1 Å². The summed E-state index contributed by atoms with van der Waals surface area (Å²) in [5, 5.41) is 0.656. The minimum atomic E-state index is -0.721. The molecule has 3 heteroatoms. The van der Waals surface area contributed by atoms with Gasteiger partial charge in [-0.2, -0.15) is 0 Å². The summed E-state index contributed by atoms with van der Waals surface area (Å²) in [6.07, 6.45) is 0. The Labute approximate surface area is 125 Å². The Bertz CT molecular complexity index is 720. The minimum absolute atomic E-state index is 0.0958. The van der Waals surface area contributed by atoms with Crippen LogP contribution in [0.2, 0.25) is 5.02 Å². The van der Waals surface area contributed by atoms with Crippen LogP contribution < -0.4 is 4.74 Å². The highest BCUT2D eigenvalue weighted by Crippen LogP contribution is 2.49. The summed E-state index contributed by atoms with van der Waals surface area (Å²) in [5.74, 6) is 0.982. The van der Waals surface area contributed by atoms with Crippen LogP contribution in [0.25, 0.3) is 0 Å². The van der Waals surface area contributed by atoms with E-state index < -0.39 is 5.89 Å². The van der Waals surface area contributed by atoms with Crippen molar-refractivity contribution in [3.05, 3.63) is 58.6 Å². The number of hydrogen-bond acceptors (Lipinski definition) is 2. The molecule has 0 unspecified atom stereocenters.